The Balaban J connectivity index is 1.51. The van der Waals surface area contributed by atoms with E-state index in [0.717, 1.165) is 26.9 Å². The maximum atomic E-state index is 4.53. The van der Waals surface area contributed by atoms with Crippen molar-refractivity contribution in [1.29, 1.82) is 0 Å². The fraction of sp³-hybridized carbons (Fsp3) is 0.125. The van der Waals surface area contributed by atoms with Gasteiger partial charge in [-0.3, -0.25) is 5.43 Å². The Hall–Kier alpha value is -3.51. The standard InChI is InChI=1S/C24H21N5S/c1-16(2)29-13-18(19-10-6-7-11-21(19)29)12-27-28-23-22-20(17-8-4-3-5-9-17)14-30-24(22)26-15-25-23/h3-16H,1-2H3,(H,25,26,28)/b27-12+. The van der Waals surface area contributed by atoms with Crippen molar-refractivity contribution in [2.24, 2.45) is 5.10 Å². The third-order valence-corrected chi connectivity index (χ3v) is 6.04. The first-order chi connectivity index (χ1) is 14.7. The molecule has 148 valence electrons. The van der Waals surface area contributed by atoms with E-state index in [-0.39, 0.29) is 0 Å². The van der Waals surface area contributed by atoms with Gasteiger partial charge >= 0.3 is 0 Å². The van der Waals surface area contributed by atoms with Gasteiger partial charge in [-0.2, -0.15) is 5.10 Å². The summed E-state index contributed by atoms with van der Waals surface area (Å²) >= 11 is 1.61. The molecule has 5 aromatic rings. The van der Waals surface area contributed by atoms with Crippen LogP contribution in [0.3, 0.4) is 0 Å². The van der Waals surface area contributed by atoms with Crippen molar-refractivity contribution in [3.05, 3.63) is 78.1 Å². The van der Waals surface area contributed by atoms with Crippen LogP contribution in [0.15, 0.2) is 77.6 Å². The summed E-state index contributed by atoms with van der Waals surface area (Å²) < 4.78 is 2.27. The summed E-state index contributed by atoms with van der Waals surface area (Å²) in [5.41, 5.74) is 7.70. The maximum Gasteiger partial charge on any atom is 0.159 e. The second kappa shape index (κ2) is 7.72. The fourth-order valence-electron chi connectivity index (χ4n) is 3.71. The second-order valence-corrected chi connectivity index (χ2v) is 8.25. The van der Waals surface area contributed by atoms with Gasteiger partial charge in [0.25, 0.3) is 0 Å². The first-order valence-electron chi connectivity index (χ1n) is 9.88. The average Bonchev–Trinajstić information content (AvgIpc) is 3.37. The van der Waals surface area contributed by atoms with Gasteiger partial charge in [0.05, 0.1) is 11.6 Å². The number of anilines is 1. The quantitative estimate of drug-likeness (QED) is 0.271. The van der Waals surface area contributed by atoms with Crippen LogP contribution in [0.2, 0.25) is 0 Å². The van der Waals surface area contributed by atoms with Crippen LogP contribution in [0.1, 0.15) is 25.5 Å². The zero-order chi connectivity index (χ0) is 20.5. The largest absolute Gasteiger partial charge is 0.344 e. The molecular formula is C24H21N5S. The van der Waals surface area contributed by atoms with Crippen LogP contribution in [0.4, 0.5) is 5.82 Å². The maximum absolute atomic E-state index is 4.53. The van der Waals surface area contributed by atoms with Gasteiger partial charge in [-0.05, 0) is 25.5 Å². The minimum atomic E-state index is 0.380. The number of hydrogen-bond donors (Lipinski definition) is 1. The van der Waals surface area contributed by atoms with Gasteiger partial charge in [-0.25, -0.2) is 9.97 Å². The number of thiophene rings is 1. The predicted octanol–water partition coefficient (Wildman–Crippen LogP) is 6.34. The number of nitrogens with zero attached hydrogens (tertiary/aromatic N) is 4. The molecule has 0 atom stereocenters. The van der Waals surface area contributed by atoms with Crippen molar-refractivity contribution in [3.8, 4) is 11.1 Å². The number of fused-ring (bicyclic) bond motifs is 2. The summed E-state index contributed by atoms with van der Waals surface area (Å²) in [6, 6.07) is 19.1. The van der Waals surface area contributed by atoms with Crippen molar-refractivity contribution in [3.63, 3.8) is 0 Å². The number of hydrogen-bond acceptors (Lipinski definition) is 5. The van der Waals surface area contributed by atoms with Gasteiger partial charge in [0.2, 0.25) is 0 Å². The zero-order valence-corrected chi connectivity index (χ0v) is 17.6. The molecule has 6 heteroatoms. The van der Waals surface area contributed by atoms with Crippen molar-refractivity contribution in [1.82, 2.24) is 14.5 Å². The number of aromatic nitrogens is 3. The molecule has 30 heavy (non-hydrogen) atoms. The lowest BCUT2D eigenvalue weighted by Gasteiger charge is -2.08. The van der Waals surface area contributed by atoms with E-state index in [0.29, 0.717) is 11.9 Å². The molecule has 3 aromatic heterocycles. The van der Waals surface area contributed by atoms with E-state index >= 15 is 0 Å². The lowest BCUT2D eigenvalue weighted by molar-refractivity contribution is 0.623. The minimum Gasteiger partial charge on any atom is -0.344 e. The first-order valence-corrected chi connectivity index (χ1v) is 10.8. The molecule has 2 aromatic carbocycles. The van der Waals surface area contributed by atoms with Gasteiger partial charge in [-0.15, -0.1) is 11.3 Å². The minimum absolute atomic E-state index is 0.380. The Bertz CT molecular complexity index is 1350. The molecule has 1 N–H and O–H groups in total. The van der Waals surface area contributed by atoms with Crippen LogP contribution >= 0.6 is 11.3 Å². The van der Waals surface area contributed by atoms with Gasteiger partial charge < -0.3 is 4.57 Å². The summed E-state index contributed by atoms with van der Waals surface area (Å²) in [6.45, 7) is 4.37. The van der Waals surface area contributed by atoms with Crippen LogP contribution in [-0.2, 0) is 0 Å². The SMILES string of the molecule is CC(C)n1cc(/C=N/Nc2ncnc3scc(-c4ccccc4)c23)c2ccccc21. The molecule has 0 aliphatic rings. The van der Waals surface area contributed by atoms with E-state index in [9.17, 15) is 0 Å². The number of para-hydroxylation sites is 1. The van der Waals surface area contributed by atoms with E-state index in [1.54, 1.807) is 17.7 Å². The van der Waals surface area contributed by atoms with E-state index in [1.807, 2.05) is 24.4 Å². The van der Waals surface area contributed by atoms with Gasteiger partial charge in [0.1, 0.15) is 11.2 Å². The molecule has 0 unspecified atom stereocenters. The average molecular weight is 412 g/mol. The van der Waals surface area contributed by atoms with Gasteiger partial charge in [-0.1, -0.05) is 48.5 Å². The molecule has 5 rings (SSSR count). The summed E-state index contributed by atoms with van der Waals surface area (Å²) in [5.74, 6) is 0.712. The number of nitrogens with one attached hydrogen (secondary N) is 1. The highest BCUT2D eigenvalue weighted by Gasteiger charge is 2.13. The topological polar surface area (TPSA) is 55.1 Å². The molecular weight excluding hydrogens is 390 g/mol. The third kappa shape index (κ3) is 3.25. The Kier molecular flexibility index (Phi) is 4.77. The van der Waals surface area contributed by atoms with Crippen LogP contribution in [0, 0.1) is 0 Å². The third-order valence-electron chi connectivity index (χ3n) is 5.16. The number of hydrazone groups is 1. The summed E-state index contributed by atoms with van der Waals surface area (Å²) in [7, 11) is 0. The molecule has 0 aliphatic carbocycles. The Morgan fingerprint density at radius 3 is 2.67 bits per heavy atom. The van der Waals surface area contributed by atoms with Gasteiger partial charge in [0.15, 0.2) is 5.82 Å². The molecule has 3 heterocycles. The molecule has 0 aliphatic heterocycles. The molecule has 0 radical (unpaired) electrons. The summed E-state index contributed by atoms with van der Waals surface area (Å²) in [4.78, 5) is 9.83. The molecule has 0 fully saturated rings. The second-order valence-electron chi connectivity index (χ2n) is 7.39. The molecule has 0 spiro atoms. The van der Waals surface area contributed by atoms with E-state index < -0.39 is 0 Å². The van der Waals surface area contributed by atoms with Crippen LogP contribution in [0.5, 0.6) is 0 Å². The predicted molar refractivity (Wildman–Crippen MR) is 126 cm³/mol. The molecule has 0 amide bonds. The van der Waals surface area contributed by atoms with E-state index in [2.05, 4.69) is 86.9 Å². The smallest absolute Gasteiger partial charge is 0.159 e. The summed E-state index contributed by atoms with van der Waals surface area (Å²) in [5, 5.41) is 8.83. The van der Waals surface area contributed by atoms with Crippen LogP contribution < -0.4 is 5.43 Å². The number of benzene rings is 2. The lowest BCUT2D eigenvalue weighted by atomic mass is 10.1. The highest BCUT2D eigenvalue weighted by molar-refractivity contribution is 7.17. The Morgan fingerprint density at radius 1 is 1.03 bits per heavy atom. The molecule has 0 bridgehead atoms. The normalized spacial score (nSPS) is 11.8. The first kappa shape index (κ1) is 18.5. The van der Waals surface area contributed by atoms with Crippen LogP contribution in [0.25, 0.3) is 32.2 Å². The fourth-order valence-corrected chi connectivity index (χ4v) is 4.63. The monoisotopic (exact) mass is 411 g/mol. The van der Waals surface area contributed by atoms with Crippen LogP contribution in [-0.4, -0.2) is 20.7 Å². The highest BCUT2D eigenvalue weighted by Crippen LogP contribution is 2.36. The molecule has 0 saturated carbocycles. The van der Waals surface area contributed by atoms with Crippen molar-refractivity contribution in [2.45, 2.75) is 19.9 Å². The Morgan fingerprint density at radius 2 is 1.83 bits per heavy atom. The summed E-state index contributed by atoms with van der Waals surface area (Å²) in [6.07, 6.45) is 5.59. The van der Waals surface area contributed by atoms with Crippen molar-refractivity contribution < 1.29 is 0 Å². The van der Waals surface area contributed by atoms with Crippen molar-refractivity contribution >= 4 is 44.5 Å². The lowest BCUT2D eigenvalue weighted by Crippen LogP contribution is -1.98. The van der Waals surface area contributed by atoms with E-state index in [4.69, 9.17) is 0 Å². The highest BCUT2D eigenvalue weighted by atomic mass is 32.1. The molecule has 5 nitrogen and oxygen atoms in total. The van der Waals surface area contributed by atoms with E-state index in [1.165, 1.54) is 10.9 Å². The zero-order valence-electron chi connectivity index (χ0n) is 16.8. The van der Waals surface area contributed by atoms with Crippen molar-refractivity contribution in [2.75, 3.05) is 5.43 Å². The molecule has 0 saturated heterocycles. The number of rotatable bonds is 5. The Labute approximate surface area is 178 Å². The van der Waals surface area contributed by atoms with Gasteiger partial charge in [0, 0.05) is 39.6 Å².